The summed E-state index contributed by atoms with van der Waals surface area (Å²) in [5.74, 6) is 1.71. The zero-order chi connectivity index (χ0) is 13.8. The van der Waals surface area contributed by atoms with Crippen LogP contribution in [0.3, 0.4) is 0 Å². The topological polar surface area (TPSA) is 78.8 Å². The molecule has 0 aliphatic carbocycles. The van der Waals surface area contributed by atoms with Crippen LogP contribution < -0.4 is 0 Å². The molecule has 3 rings (SSSR count). The van der Waals surface area contributed by atoms with Crippen molar-refractivity contribution in [3.05, 3.63) is 24.3 Å². The van der Waals surface area contributed by atoms with E-state index in [0.717, 1.165) is 32.7 Å². The van der Waals surface area contributed by atoms with Crippen LogP contribution in [-0.2, 0) is 6.54 Å². The Morgan fingerprint density at radius 1 is 1.20 bits per heavy atom. The van der Waals surface area contributed by atoms with E-state index in [1.54, 1.807) is 12.3 Å². The van der Waals surface area contributed by atoms with Gasteiger partial charge in [-0.25, -0.2) is 0 Å². The summed E-state index contributed by atoms with van der Waals surface area (Å²) in [5.41, 5.74) is 0. The average Bonchev–Trinajstić information content (AvgIpc) is 3.12. The lowest BCUT2D eigenvalue weighted by atomic mass is 10.3. The standard InChI is InChI=1S/C13H18N4O3/c18-8-7-16-3-5-17(6-4-16)10-12-14-13(15-20-12)11-2-1-9-19-11/h1-2,9,18H,3-8,10H2. The second kappa shape index (κ2) is 6.17. The third-order valence-electron chi connectivity index (χ3n) is 3.45. The molecule has 0 amide bonds. The van der Waals surface area contributed by atoms with Gasteiger partial charge in [0.25, 0.3) is 0 Å². The van der Waals surface area contributed by atoms with Crippen molar-refractivity contribution in [2.45, 2.75) is 6.54 Å². The van der Waals surface area contributed by atoms with E-state index in [0.29, 0.717) is 24.0 Å². The third kappa shape index (κ3) is 3.06. The van der Waals surface area contributed by atoms with Crippen LogP contribution in [0.15, 0.2) is 27.3 Å². The Balaban J connectivity index is 1.54. The molecule has 1 aliphatic heterocycles. The maximum Gasteiger partial charge on any atom is 0.241 e. The summed E-state index contributed by atoms with van der Waals surface area (Å²) in [6.45, 7) is 5.42. The quantitative estimate of drug-likeness (QED) is 0.850. The van der Waals surface area contributed by atoms with Gasteiger partial charge in [0.05, 0.1) is 19.4 Å². The predicted octanol–water partition coefficient (Wildman–Crippen LogP) is 0.439. The number of hydrogen-bond donors (Lipinski definition) is 1. The van der Waals surface area contributed by atoms with Crippen LogP contribution >= 0.6 is 0 Å². The number of hydrogen-bond acceptors (Lipinski definition) is 7. The lowest BCUT2D eigenvalue weighted by Gasteiger charge is -2.33. The maximum atomic E-state index is 8.92. The number of aliphatic hydroxyl groups is 1. The van der Waals surface area contributed by atoms with Gasteiger partial charge in [-0.3, -0.25) is 9.80 Å². The fourth-order valence-corrected chi connectivity index (χ4v) is 2.33. The molecule has 20 heavy (non-hydrogen) atoms. The highest BCUT2D eigenvalue weighted by Crippen LogP contribution is 2.16. The van der Waals surface area contributed by atoms with Crippen LogP contribution in [0.4, 0.5) is 0 Å². The Morgan fingerprint density at radius 3 is 2.70 bits per heavy atom. The molecule has 0 spiro atoms. The monoisotopic (exact) mass is 278 g/mol. The molecule has 0 atom stereocenters. The van der Waals surface area contributed by atoms with E-state index < -0.39 is 0 Å². The van der Waals surface area contributed by atoms with Crippen LogP contribution in [0.25, 0.3) is 11.6 Å². The SMILES string of the molecule is OCCN1CCN(Cc2nc(-c3ccco3)no2)CC1. The summed E-state index contributed by atoms with van der Waals surface area (Å²) >= 11 is 0. The number of nitrogens with zero attached hydrogens (tertiary/aromatic N) is 4. The van der Waals surface area contributed by atoms with E-state index in [2.05, 4.69) is 19.9 Å². The van der Waals surface area contributed by atoms with E-state index in [9.17, 15) is 0 Å². The summed E-state index contributed by atoms with van der Waals surface area (Å²) in [4.78, 5) is 8.86. The van der Waals surface area contributed by atoms with Crippen molar-refractivity contribution < 1.29 is 14.0 Å². The Bertz CT molecular complexity index is 517. The first kappa shape index (κ1) is 13.3. The van der Waals surface area contributed by atoms with Gasteiger partial charge in [0.1, 0.15) is 0 Å². The summed E-state index contributed by atoms with van der Waals surface area (Å²) in [5, 5.41) is 12.8. The molecule has 7 nitrogen and oxygen atoms in total. The van der Waals surface area contributed by atoms with Crippen molar-refractivity contribution in [1.29, 1.82) is 0 Å². The second-order valence-corrected chi connectivity index (χ2v) is 4.83. The van der Waals surface area contributed by atoms with Crippen molar-refractivity contribution in [1.82, 2.24) is 19.9 Å². The molecule has 0 radical (unpaired) electrons. The van der Waals surface area contributed by atoms with E-state index in [1.807, 2.05) is 6.07 Å². The zero-order valence-corrected chi connectivity index (χ0v) is 11.2. The van der Waals surface area contributed by atoms with Crippen molar-refractivity contribution >= 4 is 0 Å². The third-order valence-corrected chi connectivity index (χ3v) is 3.45. The van der Waals surface area contributed by atoms with E-state index in [1.165, 1.54) is 0 Å². The van der Waals surface area contributed by atoms with Gasteiger partial charge >= 0.3 is 0 Å². The van der Waals surface area contributed by atoms with Crippen molar-refractivity contribution in [2.75, 3.05) is 39.3 Å². The van der Waals surface area contributed by atoms with E-state index in [-0.39, 0.29) is 6.61 Å². The molecule has 0 saturated carbocycles. The number of aromatic nitrogens is 2. The first-order chi connectivity index (χ1) is 9.85. The molecule has 0 bridgehead atoms. The number of furan rings is 1. The first-order valence-electron chi connectivity index (χ1n) is 6.77. The lowest BCUT2D eigenvalue weighted by molar-refractivity contribution is 0.101. The normalized spacial score (nSPS) is 17.6. The van der Waals surface area contributed by atoms with Gasteiger partial charge in [-0.05, 0) is 12.1 Å². The van der Waals surface area contributed by atoms with Crippen molar-refractivity contribution in [3.63, 3.8) is 0 Å². The predicted molar refractivity (Wildman–Crippen MR) is 70.8 cm³/mol. The highest BCUT2D eigenvalue weighted by Gasteiger charge is 2.19. The van der Waals surface area contributed by atoms with E-state index >= 15 is 0 Å². The summed E-state index contributed by atoms with van der Waals surface area (Å²) in [7, 11) is 0. The summed E-state index contributed by atoms with van der Waals surface area (Å²) < 4.78 is 10.5. The molecular weight excluding hydrogens is 260 g/mol. The average molecular weight is 278 g/mol. The molecule has 108 valence electrons. The van der Waals surface area contributed by atoms with Crippen LogP contribution in [0, 0.1) is 0 Å². The van der Waals surface area contributed by atoms with Gasteiger partial charge < -0.3 is 14.0 Å². The molecule has 1 fully saturated rings. The Labute approximate surface area is 116 Å². The van der Waals surface area contributed by atoms with Gasteiger partial charge in [-0.1, -0.05) is 5.16 Å². The molecule has 1 saturated heterocycles. The van der Waals surface area contributed by atoms with Crippen molar-refractivity contribution in [3.8, 4) is 11.6 Å². The van der Waals surface area contributed by atoms with Crippen LogP contribution in [0.5, 0.6) is 0 Å². The first-order valence-corrected chi connectivity index (χ1v) is 6.77. The van der Waals surface area contributed by atoms with E-state index in [4.69, 9.17) is 14.0 Å². The molecule has 0 unspecified atom stereocenters. The minimum absolute atomic E-state index is 0.218. The van der Waals surface area contributed by atoms with Gasteiger partial charge in [-0.2, -0.15) is 4.98 Å². The Kier molecular flexibility index (Phi) is 4.10. The van der Waals surface area contributed by atoms with Gasteiger partial charge in [0, 0.05) is 32.7 Å². The fraction of sp³-hybridized carbons (Fsp3) is 0.538. The van der Waals surface area contributed by atoms with Crippen LogP contribution in [0.2, 0.25) is 0 Å². The number of piperazine rings is 1. The smallest absolute Gasteiger partial charge is 0.241 e. The molecule has 3 heterocycles. The summed E-state index contributed by atoms with van der Waals surface area (Å²) in [6, 6.07) is 3.61. The minimum atomic E-state index is 0.218. The minimum Gasteiger partial charge on any atom is -0.461 e. The van der Waals surface area contributed by atoms with Crippen molar-refractivity contribution in [2.24, 2.45) is 0 Å². The van der Waals surface area contributed by atoms with Gasteiger partial charge in [-0.15, -0.1) is 0 Å². The van der Waals surface area contributed by atoms with Gasteiger partial charge in [0.15, 0.2) is 5.76 Å². The fourth-order valence-electron chi connectivity index (χ4n) is 2.33. The Hall–Kier alpha value is -1.70. The highest BCUT2D eigenvalue weighted by atomic mass is 16.5. The number of rotatable bonds is 5. The molecule has 1 N–H and O–H groups in total. The molecule has 1 aliphatic rings. The maximum absolute atomic E-state index is 8.92. The molecule has 0 aromatic carbocycles. The largest absolute Gasteiger partial charge is 0.461 e. The lowest BCUT2D eigenvalue weighted by Crippen LogP contribution is -2.46. The van der Waals surface area contributed by atoms with Gasteiger partial charge in [0.2, 0.25) is 11.7 Å². The highest BCUT2D eigenvalue weighted by molar-refractivity contribution is 5.44. The zero-order valence-electron chi connectivity index (χ0n) is 11.2. The Morgan fingerprint density at radius 2 is 2.00 bits per heavy atom. The number of β-amino-alcohol motifs (C(OH)–C–C–N with tert-alkyl or cyclic N) is 1. The molecular formula is C13H18N4O3. The molecule has 2 aromatic heterocycles. The molecule has 2 aromatic rings. The molecule has 7 heteroatoms. The van der Waals surface area contributed by atoms with Crippen LogP contribution in [-0.4, -0.2) is 64.4 Å². The summed E-state index contributed by atoms with van der Waals surface area (Å²) in [6.07, 6.45) is 1.59. The number of aliphatic hydroxyl groups excluding tert-OH is 1. The van der Waals surface area contributed by atoms with Crippen LogP contribution in [0.1, 0.15) is 5.89 Å². The second-order valence-electron chi connectivity index (χ2n) is 4.83.